The molecule has 0 saturated carbocycles. The summed E-state index contributed by atoms with van der Waals surface area (Å²) in [6.45, 7) is 0. The molecule has 1 heterocycles. The van der Waals surface area contributed by atoms with Crippen LogP contribution in [0.4, 0.5) is 10.8 Å². The van der Waals surface area contributed by atoms with E-state index in [1.54, 1.807) is 23.6 Å². The number of anilines is 2. The number of hydrogen-bond donors (Lipinski definition) is 2. The van der Waals surface area contributed by atoms with Gasteiger partial charge in [0.25, 0.3) is 15.9 Å². The SMILES string of the molecule is CN(c1ccc(C(=O)Nc2nc(CC(=O)O)cs2)cc1)S(=O)(=O)c1ccccc1. The van der Waals surface area contributed by atoms with E-state index in [2.05, 4.69) is 10.3 Å². The largest absolute Gasteiger partial charge is 0.481 e. The quantitative estimate of drug-likeness (QED) is 0.594. The van der Waals surface area contributed by atoms with Gasteiger partial charge in [-0.2, -0.15) is 0 Å². The second-order valence-corrected chi connectivity index (χ2v) is 8.83. The maximum absolute atomic E-state index is 12.7. The van der Waals surface area contributed by atoms with Gasteiger partial charge < -0.3 is 5.11 Å². The highest BCUT2D eigenvalue weighted by atomic mass is 32.2. The molecule has 0 radical (unpaired) electrons. The summed E-state index contributed by atoms with van der Waals surface area (Å²) in [6, 6.07) is 14.1. The number of aliphatic carboxylic acids is 1. The minimum absolute atomic E-state index is 0.172. The summed E-state index contributed by atoms with van der Waals surface area (Å²) in [5.74, 6) is -1.43. The zero-order chi connectivity index (χ0) is 21.0. The molecule has 3 aromatic rings. The molecule has 0 aliphatic rings. The van der Waals surface area contributed by atoms with Gasteiger partial charge in [0.1, 0.15) is 0 Å². The highest BCUT2D eigenvalue weighted by molar-refractivity contribution is 7.92. The van der Waals surface area contributed by atoms with E-state index in [0.717, 1.165) is 15.6 Å². The Labute approximate surface area is 171 Å². The van der Waals surface area contributed by atoms with Crippen LogP contribution in [-0.4, -0.2) is 37.4 Å². The third-order valence-electron chi connectivity index (χ3n) is 4.00. The van der Waals surface area contributed by atoms with Crippen LogP contribution in [-0.2, 0) is 21.2 Å². The Morgan fingerprint density at radius 1 is 1.10 bits per heavy atom. The van der Waals surface area contributed by atoms with Crippen LogP contribution in [0.1, 0.15) is 16.1 Å². The molecule has 10 heteroatoms. The normalized spacial score (nSPS) is 11.1. The van der Waals surface area contributed by atoms with Gasteiger partial charge in [0, 0.05) is 18.0 Å². The Hall–Kier alpha value is -3.24. The fourth-order valence-corrected chi connectivity index (χ4v) is 4.40. The lowest BCUT2D eigenvalue weighted by Gasteiger charge is -2.19. The molecule has 1 aromatic heterocycles. The topological polar surface area (TPSA) is 117 Å². The van der Waals surface area contributed by atoms with E-state index in [4.69, 9.17) is 5.11 Å². The van der Waals surface area contributed by atoms with Crippen LogP contribution in [0.5, 0.6) is 0 Å². The maximum Gasteiger partial charge on any atom is 0.309 e. The smallest absolute Gasteiger partial charge is 0.309 e. The summed E-state index contributed by atoms with van der Waals surface area (Å²) in [5, 5.41) is 13.2. The molecule has 1 amide bonds. The maximum atomic E-state index is 12.7. The van der Waals surface area contributed by atoms with Crippen molar-refractivity contribution >= 4 is 44.1 Å². The van der Waals surface area contributed by atoms with Gasteiger partial charge in [0.15, 0.2) is 5.13 Å². The van der Waals surface area contributed by atoms with Gasteiger partial charge in [-0.15, -0.1) is 11.3 Å². The number of carboxylic acids is 1. The van der Waals surface area contributed by atoms with Gasteiger partial charge in [-0.1, -0.05) is 18.2 Å². The summed E-state index contributed by atoms with van der Waals surface area (Å²) < 4.78 is 26.5. The molecular formula is C19H17N3O5S2. The van der Waals surface area contributed by atoms with Crippen LogP contribution >= 0.6 is 11.3 Å². The van der Waals surface area contributed by atoms with Crippen LogP contribution in [0.25, 0.3) is 0 Å². The molecule has 0 unspecified atom stereocenters. The third kappa shape index (κ3) is 4.79. The summed E-state index contributed by atoms with van der Waals surface area (Å²) >= 11 is 1.13. The highest BCUT2D eigenvalue weighted by Crippen LogP contribution is 2.23. The molecule has 2 N–H and O–H groups in total. The minimum atomic E-state index is -3.70. The highest BCUT2D eigenvalue weighted by Gasteiger charge is 2.21. The number of amides is 1. The van der Waals surface area contributed by atoms with Crippen LogP contribution < -0.4 is 9.62 Å². The molecule has 150 valence electrons. The Morgan fingerprint density at radius 2 is 1.76 bits per heavy atom. The first-order valence-corrected chi connectivity index (χ1v) is 10.7. The molecule has 0 aliphatic carbocycles. The molecule has 29 heavy (non-hydrogen) atoms. The molecule has 0 bridgehead atoms. The predicted octanol–water partition coefficient (Wildman–Crippen LogP) is 2.85. The molecular weight excluding hydrogens is 414 g/mol. The molecule has 0 fully saturated rings. The lowest BCUT2D eigenvalue weighted by Crippen LogP contribution is -2.26. The van der Waals surface area contributed by atoms with Gasteiger partial charge in [0.2, 0.25) is 0 Å². The van der Waals surface area contributed by atoms with E-state index in [1.165, 1.54) is 43.4 Å². The average Bonchev–Trinajstić information content (AvgIpc) is 3.14. The molecule has 8 nitrogen and oxygen atoms in total. The first kappa shape index (κ1) is 20.5. The van der Waals surface area contributed by atoms with E-state index in [0.29, 0.717) is 22.1 Å². The number of carbonyl (C=O) groups is 2. The zero-order valence-electron chi connectivity index (χ0n) is 15.3. The number of rotatable bonds is 7. The van der Waals surface area contributed by atoms with Crippen molar-refractivity contribution in [2.24, 2.45) is 0 Å². The lowest BCUT2D eigenvalue weighted by molar-refractivity contribution is -0.136. The minimum Gasteiger partial charge on any atom is -0.481 e. The van der Waals surface area contributed by atoms with Crippen molar-refractivity contribution in [3.63, 3.8) is 0 Å². The Bertz CT molecular complexity index is 1130. The number of hydrogen-bond acceptors (Lipinski definition) is 6. The van der Waals surface area contributed by atoms with Crippen LogP contribution in [0.15, 0.2) is 64.9 Å². The van der Waals surface area contributed by atoms with Crippen LogP contribution in [0, 0.1) is 0 Å². The predicted molar refractivity (Wildman–Crippen MR) is 110 cm³/mol. The molecule has 0 aliphatic heterocycles. The Balaban J connectivity index is 1.71. The van der Waals surface area contributed by atoms with Crippen molar-refractivity contribution in [1.29, 1.82) is 0 Å². The Morgan fingerprint density at radius 3 is 2.38 bits per heavy atom. The van der Waals surface area contributed by atoms with Crippen molar-refractivity contribution in [1.82, 2.24) is 4.98 Å². The molecule has 0 saturated heterocycles. The van der Waals surface area contributed by atoms with Crippen LogP contribution in [0.2, 0.25) is 0 Å². The van der Waals surface area contributed by atoms with E-state index in [9.17, 15) is 18.0 Å². The summed E-state index contributed by atoms with van der Waals surface area (Å²) in [7, 11) is -2.26. The monoisotopic (exact) mass is 431 g/mol. The van der Waals surface area contributed by atoms with Gasteiger partial charge in [-0.25, -0.2) is 13.4 Å². The second kappa shape index (κ2) is 8.41. The Kier molecular flexibility index (Phi) is 5.95. The number of nitrogens with zero attached hydrogens (tertiary/aromatic N) is 2. The van der Waals surface area contributed by atoms with Gasteiger partial charge >= 0.3 is 5.97 Å². The number of nitrogens with one attached hydrogen (secondary N) is 1. The van der Waals surface area contributed by atoms with Crippen molar-refractivity contribution in [3.8, 4) is 0 Å². The summed E-state index contributed by atoms with van der Waals surface area (Å²) in [5.41, 5.74) is 1.08. The summed E-state index contributed by atoms with van der Waals surface area (Å²) in [4.78, 5) is 27.3. The number of aromatic nitrogens is 1. The van der Waals surface area contributed by atoms with Crippen molar-refractivity contribution in [3.05, 3.63) is 71.2 Å². The first-order valence-electron chi connectivity index (χ1n) is 8.39. The van der Waals surface area contributed by atoms with E-state index < -0.39 is 21.9 Å². The average molecular weight is 431 g/mol. The van der Waals surface area contributed by atoms with E-state index >= 15 is 0 Å². The fraction of sp³-hybridized carbons (Fsp3) is 0.105. The molecule has 0 atom stereocenters. The van der Waals surface area contributed by atoms with Gasteiger partial charge in [0.05, 0.1) is 22.7 Å². The zero-order valence-corrected chi connectivity index (χ0v) is 16.9. The van der Waals surface area contributed by atoms with Gasteiger partial charge in [-0.05, 0) is 36.4 Å². The van der Waals surface area contributed by atoms with Crippen molar-refractivity contribution in [2.75, 3.05) is 16.7 Å². The van der Waals surface area contributed by atoms with Crippen molar-refractivity contribution in [2.45, 2.75) is 11.3 Å². The summed E-state index contributed by atoms with van der Waals surface area (Å²) in [6.07, 6.45) is -0.219. The second-order valence-electron chi connectivity index (χ2n) is 6.00. The first-order chi connectivity index (χ1) is 13.8. The number of carboxylic acid groups (broad SMARTS) is 1. The van der Waals surface area contributed by atoms with E-state index in [-0.39, 0.29) is 11.3 Å². The number of sulfonamides is 1. The van der Waals surface area contributed by atoms with Crippen LogP contribution in [0.3, 0.4) is 0 Å². The molecule has 0 spiro atoms. The third-order valence-corrected chi connectivity index (χ3v) is 6.61. The van der Waals surface area contributed by atoms with Crippen molar-refractivity contribution < 1.29 is 23.1 Å². The lowest BCUT2D eigenvalue weighted by atomic mass is 10.2. The fourth-order valence-electron chi connectivity index (χ4n) is 2.48. The number of thiazole rings is 1. The molecule has 3 rings (SSSR count). The standard InChI is InChI=1S/C19H17N3O5S2/c1-22(29(26,27)16-5-3-2-4-6-16)15-9-7-13(8-10-15)18(25)21-19-20-14(12-28-19)11-17(23)24/h2-10,12H,11H2,1H3,(H,23,24)(H,20,21,25). The number of carbonyl (C=O) groups excluding carboxylic acids is 1. The van der Waals surface area contributed by atoms with E-state index in [1.807, 2.05) is 0 Å². The number of benzene rings is 2. The van der Waals surface area contributed by atoms with Gasteiger partial charge in [-0.3, -0.25) is 19.2 Å². The molecule has 2 aromatic carbocycles.